The number of allylic oxidation sites excluding steroid dienone is 1. The fraction of sp³-hybridized carbons (Fsp3) is 0.450. The van der Waals surface area contributed by atoms with Crippen molar-refractivity contribution in [3.63, 3.8) is 0 Å². The molecule has 3 nitrogen and oxygen atoms in total. The normalized spacial score (nSPS) is 25.3. The largest absolute Gasteiger partial charge is 0.482 e. The van der Waals surface area contributed by atoms with Gasteiger partial charge in [0.05, 0.1) is 0 Å². The molecule has 0 bridgehead atoms. The average Bonchev–Trinajstić information content (AvgIpc) is 2.69. The zero-order valence-corrected chi connectivity index (χ0v) is 14.2. The maximum absolute atomic E-state index is 11.6. The Morgan fingerprint density at radius 1 is 1.09 bits per heavy atom. The van der Waals surface area contributed by atoms with Crippen LogP contribution in [0.15, 0.2) is 39.1 Å². The van der Waals surface area contributed by atoms with Crippen LogP contribution in [0.4, 0.5) is 0 Å². The molecule has 2 heterocycles. The summed E-state index contributed by atoms with van der Waals surface area (Å²) in [5.74, 6) is 0.855. The molecule has 0 amide bonds. The first kappa shape index (κ1) is 14.6. The molecule has 2 aliphatic rings. The highest BCUT2D eigenvalue weighted by molar-refractivity contribution is 5.83. The van der Waals surface area contributed by atoms with E-state index in [1.54, 1.807) is 6.07 Å². The lowest BCUT2D eigenvalue weighted by atomic mass is 9.70. The molecular weight excluding hydrogens is 288 g/mol. The third kappa shape index (κ3) is 2.39. The quantitative estimate of drug-likeness (QED) is 0.529. The van der Waals surface area contributed by atoms with Crippen LogP contribution in [0.5, 0.6) is 5.75 Å². The van der Waals surface area contributed by atoms with E-state index in [1.807, 2.05) is 13.0 Å². The second kappa shape index (κ2) is 4.50. The van der Waals surface area contributed by atoms with E-state index in [9.17, 15) is 4.79 Å². The molecule has 1 unspecified atom stereocenters. The van der Waals surface area contributed by atoms with E-state index < -0.39 is 0 Å². The Balaban J connectivity index is 1.84. The van der Waals surface area contributed by atoms with Crippen molar-refractivity contribution in [2.75, 3.05) is 0 Å². The van der Waals surface area contributed by atoms with Gasteiger partial charge >= 0.3 is 5.63 Å². The van der Waals surface area contributed by atoms with Crippen LogP contribution in [0.25, 0.3) is 11.0 Å². The summed E-state index contributed by atoms with van der Waals surface area (Å²) in [7, 11) is 0. The molecule has 2 aromatic rings. The van der Waals surface area contributed by atoms with Crippen LogP contribution in [0, 0.1) is 12.3 Å². The Labute approximate surface area is 136 Å². The Morgan fingerprint density at radius 2 is 1.87 bits per heavy atom. The molecule has 1 atom stereocenters. The van der Waals surface area contributed by atoms with Crippen LogP contribution in [0.3, 0.4) is 0 Å². The number of fused-ring (bicyclic) bond motifs is 2. The molecule has 0 radical (unpaired) electrons. The molecule has 3 heteroatoms. The maximum Gasteiger partial charge on any atom is 0.336 e. The first-order valence-electron chi connectivity index (χ1n) is 8.20. The first-order chi connectivity index (χ1) is 10.8. The molecule has 0 saturated heterocycles. The van der Waals surface area contributed by atoms with Crippen LogP contribution in [-0.4, -0.2) is 5.60 Å². The summed E-state index contributed by atoms with van der Waals surface area (Å²) in [5, 5.41) is 1.000. The van der Waals surface area contributed by atoms with Crippen LogP contribution < -0.4 is 10.4 Å². The smallest absolute Gasteiger partial charge is 0.336 e. The van der Waals surface area contributed by atoms with E-state index in [2.05, 4.69) is 32.9 Å². The van der Waals surface area contributed by atoms with Gasteiger partial charge in [0, 0.05) is 23.9 Å². The second-order valence-corrected chi connectivity index (χ2v) is 8.06. The predicted octanol–water partition coefficient (Wildman–Crippen LogP) is 4.54. The van der Waals surface area contributed by atoms with Gasteiger partial charge in [0.1, 0.15) is 16.9 Å². The van der Waals surface area contributed by atoms with E-state index in [1.165, 1.54) is 11.1 Å². The summed E-state index contributed by atoms with van der Waals surface area (Å²) in [4.78, 5) is 11.6. The molecule has 1 aromatic carbocycles. The third-order valence-corrected chi connectivity index (χ3v) is 4.98. The number of benzene rings is 1. The lowest BCUT2D eigenvalue weighted by Gasteiger charge is -2.40. The standard InChI is InChI=1S/C20H22O3/c1-12-8-19(3,4)11-20(9-12)10-14-6-15-13(2)5-18(21)22-17(15)7-16(14)23-20/h5-7,9H,8,10-11H2,1-4H3. The Bertz CT molecular complexity index is 901. The molecule has 1 spiro atoms. The molecule has 4 rings (SSSR count). The number of ether oxygens (including phenoxy) is 1. The fourth-order valence-corrected chi connectivity index (χ4v) is 4.56. The molecule has 1 aromatic heterocycles. The molecule has 1 aliphatic carbocycles. The third-order valence-electron chi connectivity index (χ3n) is 4.98. The highest BCUT2D eigenvalue weighted by Gasteiger charge is 2.44. The van der Waals surface area contributed by atoms with Crippen molar-refractivity contribution >= 4 is 11.0 Å². The highest BCUT2D eigenvalue weighted by atomic mass is 16.5. The number of hydrogen-bond acceptors (Lipinski definition) is 3. The fourth-order valence-electron chi connectivity index (χ4n) is 4.56. The van der Waals surface area contributed by atoms with Gasteiger partial charge in [-0.25, -0.2) is 4.79 Å². The van der Waals surface area contributed by atoms with Gasteiger partial charge in [0.15, 0.2) is 0 Å². The minimum Gasteiger partial charge on any atom is -0.482 e. The average molecular weight is 310 g/mol. The number of aryl methyl sites for hydroxylation is 1. The van der Waals surface area contributed by atoms with Crippen LogP contribution in [0.1, 0.15) is 44.7 Å². The van der Waals surface area contributed by atoms with Gasteiger partial charge in [0.25, 0.3) is 0 Å². The molecule has 0 fully saturated rings. The summed E-state index contributed by atoms with van der Waals surface area (Å²) >= 11 is 0. The minimum absolute atomic E-state index is 0.239. The van der Waals surface area contributed by atoms with E-state index in [-0.39, 0.29) is 16.6 Å². The molecular formula is C20H22O3. The van der Waals surface area contributed by atoms with Crippen LogP contribution >= 0.6 is 0 Å². The Kier molecular flexibility index (Phi) is 2.85. The first-order valence-corrected chi connectivity index (χ1v) is 8.20. The summed E-state index contributed by atoms with van der Waals surface area (Å²) < 4.78 is 11.7. The van der Waals surface area contributed by atoms with Crippen molar-refractivity contribution in [3.8, 4) is 5.75 Å². The van der Waals surface area contributed by atoms with Crippen LogP contribution in [0.2, 0.25) is 0 Å². The van der Waals surface area contributed by atoms with Gasteiger partial charge in [-0.05, 0) is 55.4 Å². The summed E-state index contributed by atoms with van der Waals surface area (Å²) in [6.45, 7) is 8.74. The molecule has 1 aliphatic heterocycles. The SMILES string of the molecule is CC1=CC2(Cc3cc4c(C)cc(=O)oc4cc3O2)CC(C)(C)C1. The minimum atomic E-state index is -0.308. The number of rotatable bonds is 0. The highest BCUT2D eigenvalue weighted by Crippen LogP contribution is 2.48. The van der Waals surface area contributed by atoms with Gasteiger partial charge in [-0.1, -0.05) is 19.4 Å². The Morgan fingerprint density at radius 3 is 2.61 bits per heavy atom. The summed E-state index contributed by atoms with van der Waals surface area (Å²) in [6, 6.07) is 5.56. The van der Waals surface area contributed by atoms with Gasteiger partial charge < -0.3 is 9.15 Å². The van der Waals surface area contributed by atoms with E-state index in [4.69, 9.17) is 9.15 Å². The second-order valence-electron chi connectivity index (χ2n) is 8.06. The zero-order valence-electron chi connectivity index (χ0n) is 14.2. The van der Waals surface area contributed by atoms with E-state index in [0.29, 0.717) is 5.58 Å². The van der Waals surface area contributed by atoms with Gasteiger partial charge in [-0.2, -0.15) is 0 Å². The number of hydrogen-bond donors (Lipinski definition) is 0. The molecule has 120 valence electrons. The van der Waals surface area contributed by atoms with E-state index in [0.717, 1.165) is 36.0 Å². The predicted molar refractivity (Wildman–Crippen MR) is 91.1 cm³/mol. The van der Waals surface area contributed by atoms with Crippen molar-refractivity contribution < 1.29 is 9.15 Å². The zero-order chi connectivity index (χ0) is 16.4. The monoisotopic (exact) mass is 310 g/mol. The summed E-state index contributed by atoms with van der Waals surface area (Å²) in [6.07, 6.45) is 5.30. The van der Waals surface area contributed by atoms with Crippen LogP contribution in [-0.2, 0) is 6.42 Å². The van der Waals surface area contributed by atoms with Crippen molar-refractivity contribution in [3.05, 3.63) is 51.4 Å². The topological polar surface area (TPSA) is 39.4 Å². The van der Waals surface area contributed by atoms with Gasteiger partial charge in [-0.3, -0.25) is 0 Å². The molecule has 0 N–H and O–H groups in total. The van der Waals surface area contributed by atoms with Gasteiger partial charge in [-0.15, -0.1) is 0 Å². The summed E-state index contributed by atoms with van der Waals surface area (Å²) in [5.41, 5.74) is 3.84. The Hall–Kier alpha value is -2.03. The van der Waals surface area contributed by atoms with E-state index >= 15 is 0 Å². The lowest BCUT2D eigenvalue weighted by molar-refractivity contribution is 0.0752. The van der Waals surface area contributed by atoms with Crippen molar-refractivity contribution in [1.29, 1.82) is 0 Å². The lowest BCUT2D eigenvalue weighted by Crippen LogP contribution is -2.40. The molecule has 23 heavy (non-hydrogen) atoms. The van der Waals surface area contributed by atoms with Crippen molar-refractivity contribution in [2.24, 2.45) is 5.41 Å². The van der Waals surface area contributed by atoms with Crippen molar-refractivity contribution in [1.82, 2.24) is 0 Å². The van der Waals surface area contributed by atoms with Crippen molar-refractivity contribution in [2.45, 2.75) is 52.6 Å². The molecule has 0 saturated carbocycles. The van der Waals surface area contributed by atoms with Gasteiger partial charge in [0.2, 0.25) is 0 Å². The maximum atomic E-state index is 11.6.